The van der Waals surface area contributed by atoms with Crippen LogP contribution >= 0.6 is 0 Å². The first-order valence-electron chi connectivity index (χ1n) is 5.16. The second-order valence-corrected chi connectivity index (χ2v) is 3.66. The minimum Gasteiger partial charge on any atom is -0.497 e. The van der Waals surface area contributed by atoms with Crippen LogP contribution in [-0.4, -0.2) is 20.4 Å². The number of aryl methyl sites for hydroxylation is 1. The molecule has 0 aromatic heterocycles. The molecule has 2 rings (SSSR count). The summed E-state index contributed by atoms with van der Waals surface area (Å²) < 4.78 is 14.8. The minimum absolute atomic E-state index is 0.211. The molecule has 4 heteroatoms. The van der Waals surface area contributed by atoms with Crippen molar-refractivity contribution in [3.63, 3.8) is 0 Å². The summed E-state index contributed by atoms with van der Waals surface area (Å²) in [5, 5.41) is 0. The zero-order valence-corrected chi connectivity index (χ0v) is 9.36. The molecule has 1 aliphatic carbocycles. The number of carbonyl (C=O) groups excluding carboxylic acids is 1. The van der Waals surface area contributed by atoms with Crippen LogP contribution in [0.3, 0.4) is 0 Å². The Balaban J connectivity index is 2.20. The van der Waals surface area contributed by atoms with Crippen molar-refractivity contribution in [2.75, 3.05) is 14.2 Å². The largest absolute Gasteiger partial charge is 0.508 e. The molecule has 0 saturated carbocycles. The van der Waals surface area contributed by atoms with E-state index in [9.17, 15) is 4.79 Å². The van der Waals surface area contributed by atoms with Gasteiger partial charge in [-0.2, -0.15) is 0 Å². The Hall–Kier alpha value is -1.71. The number of fused-ring (bicyclic) bond motifs is 1. The van der Waals surface area contributed by atoms with E-state index in [-0.39, 0.29) is 6.10 Å². The van der Waals surface area contributed by atoms with Gasteiger partial charge in [-0.25, -0.2) is 4.79 Å². The van der Waals surface area contributed by atoms with E-state index in [1.807, 2.05) is 18.2 Å². The van der Waals surface area contributed by atoms with Crippen LogP contribution in [0, 0.1) is 0 Å². The number of hydrogen-bond acceptors (Lipinski definition) is 4. The van der Waals surface area contributed by atoms with Crippen molar-refractivity contribution in [3.05, 3.63) is 29.3 Å². The Morgan fingerprint density at radius 3 is 2.88 bits per heavy atom. The first kappa shape index (κ1) is 10.8. The highest BCUT2D eigenvalue weighted by Crippen LogP contribution is 2.36. The zero-order chi connectivity index (χ0) is 11.5. The predicted octanol–water partition coefficient (Wildman–Crippen LogP) is 2.47. The lowest BCUT2D eigenvalue weighted by atomic mass is 10.1. The first-order valence-corrected chi connectivity index (χ1v) is 5.16. The van der Waals surface area contributed by atoms with Gasteiger partial charge in [-0.05, 0) is 36.1 Å². The van der Waals surface area contributed by atoms with Gasteiger partial charge in [0.05, 0.1) is 14.2 Å². The average Bonchev–Trinajstić information content (AvgIpc) is 2.71. The van der Waals surface area contributed by atoms with Gasteiger partial charge < -0.3 is 14.2 Å². The normalized spacial score (nSPS) is 17.8. The smallest absolute Gasteiger partial charge is 0.497 e. The lowest BCUT2D eigenvalue weighted by Gasteiger charge is -2.12. The van der Waals surface area contributed by atoms with Crippen LogP contribution in [0.5, 0.6) is 5.75 Å². The molecule has 16 heavy (non-hydrogen) atoms. The quantitative estimate of drug-likeness (QED) is 0.721. The minimum atomic E-state index is -0.638. The van der Waals surface area contributed by atoms with Gasteiger partial charge in [0.1, 0.15) is 11.9 Å². The summed E-state index contributed by atoms with van der Waals surface area (Å²) in [4.78, 5) is 11.1. The summed E-state index contributed by atoms with van der Waals surface area (Å²) in [5.41, 5.74) is 2.22. The molecular formula is C12H14O4. The lowest BCUT2D eigenvalue weighted by Crippen LogP contribution is -2.08. The highest BCUT2D eigenvalue weighted by molar-refractivity contribution is 5.60. The average molecular weight is 222 g/mol. The Morgan fingerprint density at radius 1 is 1.38 bits per heavy atom. The summed E-state index contributed by atoms with van der Waals surface area (Å²) in [5.74, 6) is 0.777. The van der Waals surface area contributed by atoms with Crippen LogP contribution in [0.4, 0.5) is 4.79 Å². The molecule has 0 saturated heterocycles. The van der Waals surface area contributed by atoms with Gasteiger partial charge >= 0.3 is 6.16 Å². The van der Waals surface area contributed by atoms with Gasteiger partial charge in [0.2, 0.25) is 0 Å². The van der Waals surface area contributed by atoms with Gasteiger partial charge in [0.15, 0.2) is 0 Å². The third kappa shape index (κ3) is 1.96. The fourth-order valence-electron chi connectivity index (χ4n) is 1.96. The molecule has 0 N–H and O–H groups in total. The Morgan fingerprint density at radius 2 is 2.19 bits per heavy atom. The summed E-state index contributed by atoms with van der Waals surface area (Å²) >= 11 is 0. The zero-order valence-electron chi connectivity index (χ0n) is 9.36. The second-order valence-electron chi connectivity index (χ2n) is 3.66. The number of hydrogen-bond donors (Lipinski definition) is 0. The van der Waals surface area contributed by atoms with Crippen LogP contribution in [0.1, 0.15) is 23.7 Å². The van der Waals surface area contributed by atoms with Gasteiger partial charge in [0, 0.05) is 0 Å². The van der Waals surface area contributed by atoms with E-state index in [1.54, 1.807) is 7.11 Å². The van der Waals surface area contributed by atoms with Crippen molar-refractivity contribution in [2.24, 2.45) is 0 Å². The van der Waals surface area contributed by atoms with Gasteiger partial charge in [-0.15, -0.1) is 0 Å². The molecular weight excluding hydrogens is 208 g/mol. The highest BCUT2D eigenvalue weighted by Gasteiger charge is 2.26. The maximum atomic E-state index is 11.1. The topological polar surface area (TPSA) is 44.8 Å². The number of carbonyl (C=O) groups is 1. The van der Waals surface area contributed by atoms with Crippen LogP contribution in [0.2, 0.25) is 0 Å². The second kappa shape index (κ2) is 4.43. The maximum absolute atomic E-state index is 11.1. The van der Waals surface area contributed by atoms with Gasteiger partial charge in [0.25, 0.3) is 0 Å². The van der Waals surface area contributed by atoms with Crippen molar-refractivity contribution in [1.29, 1.82) is 0 Å². The molecule has 1 aromatic carbocycles. The lowest BCUT2D eigenvalue weighted by molar-refractivity contribution is 0.0369. The van der Waals surface area contributed by atoms with E-state index in [0.29, 0.717) is 0 Å². The van der Waals surface area contributed by atoms with Crippen LogP contribution < -0.4 is 4.74 Å². The summed E-state index contributed by atoms with van der Waals surface area (Å²) in [6.07, 6.45) is 0.872. The standard InChI is InChI=1S/C12H14O4/c1-14-9-5-3-8-4-6-11(10(8)7-9)16-12(13)15-2/h3,5,7,11H,4,6H2,1-2H3. The molecule has 1 unspecified atom stereocenters. The third-order valence-electron chi connectivity index (χ3n) is 2.78. The molecule has 0 bridgehead atoms. The Bertz CT molecular complexity index is 400. The fourth-order valence-corrected chi connectivity index (χ4v) is 1.96. The predicted molar refractivity (Wildman–Crippen MR) is 57.5 cm³/mol. The summed E-state index contributed by atoms with van der Waals surface area (Å²) in [7, 11) is 2.93. The summed E-state index contributed by atoms with van der Waals surface area (Å²) in [6.45, 7) is 0. The molecule has 0 heterocycles. The number of rotatable bonds is 2. The van der Waals surface area contributed by atoms with E-state index in [4.69, 9.17) is 9.47 Å². The molecule has 1 atom stereocenters. The molecule has 0 fully saturated rings. The van der Waals surface area contributed by atoms with Crippen molar-refractivity contribution in [1.82, 2.24) is 0 Å². The number of ether oxygens (including phenoxy) is 3. The van der Waals surface area contributed by atoms with Crippen molar-refractivity contribution < 1.29 is 19.0 Å². The number of methoxy groups -OCH3 is 2. The van der Waals surface area contributed by atoms with Crippen LogP contribution in [0.25, 0.3) is 0 Å². The van der Waals surface area contributed by atoms with Crippen molar-refractivity contribution >= 4 is 6.16 Å². The molecule has 0 aliphatic heterocycles. The molecule has 0 amide bonds. The van der Waals surface area contributed by atoms with Crippen LogP contribution in [0.15, 0.2) is 18.2 Å². The van der Waals surface area contributed by atoms with Crippen LogP contribution in [-0.2, 0) is 15.9 Å². The molecule has 1 aromatic rings. The van der Waals surface area contributed by atoms with E-state index in [0.717, 1.165) is 24.2 Å². The van der Waals surface area contributed by atoms with Crippen molar-refractivity contribution in [2.45, 2.75) is 18.9 Å². The number of benzene rings is 1. The Labute approximate surface area is 94.1 Å². The van der Waals surface area contributed by atoms with Gasteiger partial charge in [-0.1, -0.05) is 6.07 Å². The molecule has 0 radical (unpaired) electrons. The third-order valence-corrected chi connectivity index (χ3v) is 2.78. The Kier molecular flexibility index (Phi) is 2.99. The molecule has 1 aliphatic rings. The fraction of sp³-hybridized carbons (Fsp3) is 0.417. The first-order chi connectivity index (χ1) is 7.74. The molecule has 86 valence electrons. The highest BCUT2D eigenvalue weighted by atomic mass is 16.7. The van der Waals surface area contributed by atoms with E-state index >= 15 is 0 Å². The molecule has 0 spiro atoms. The van der Waals surface area contributed by atoms with E-state index < -0.39 is 6.16 Å². The van der Waals surface area contributed by atoms with Crippen molar-refractivity contribution in [3.8, 4) is 5.75 Å². The van der Waals surface area contributed by atoms with Gasteiger partial charge in [-0.3, -0.25) is 0 Å². The SMILES string of the molecule is COC(=O)OC1CCc2ccc(OC)cc21. The summed E-state index contributed by atoms with van der Waals surface area (Å²) in [6, 6.07) is 5.84. The monoisotopic (exact) mass is 222 g/mol. The molecule has 4 nitrogen and oxygen atoms in total. The van der Waals surface area contributed by atoms with E-state index in [1.165, 1.54) is 12.7 Å². The van der Waals surface area contributed by atoms with E-state index in [2.05, 4.69) is 4.74 Å². The maximum Gasteiger partial charge on any atom is 0.508 e.